The average Bonchev–Trinajstić information content (AvgIpc) is 2.87. The van der Waals surface area contributed by atoms with Crippen molar-refractivity contribution in [2.75, 3.05) is 13.1 Å². The van der Waals surface area contributed by atoms with Crippen molar-refractivity contribution >= 4 is 27.1 Å². The van der Waals surface area contributed by atoms with E-state index in [9.17, 15) is 13.2 Å². The van der Waals surface area contributed by atoms with Gasteiger partial charge >= 0.3 is 5.97 Å². The summed E-state index contributed by atoms with van der Waals surface area (Å²) in [5.41, 5.74) is 7.13. The van der Waals surface area contributed by atoms with E-state index in [1.807, 2.05) is 30.3 Å². The number of para-hydroxylation sites is 1. The summed E-state index contributed by atoms with van der Waals surface area (Å²) < 4.78 is 27.7. The smallest absolute Gasteiger partial charge is 0.321 e. The highest BCUT2D eigenvalue weighted by molar-refractivity contribution is 7.87. The van der Waals surface area contributed by atoms with E-state index in [2.05, 4.69) is 14.4 Å². The number of carbonyl (C=O) groups is 1. The molecule has 120 valence electrons. The predicted octanol–water partition coefficient (Wildman–Crippen LogP) is -0.454. The van der Waals surface area contributed by atoms with E-state index in [4.69, 9.17) is 10.8 Å². The van der Waals surface area contributed by atoms with Crippen LogP contribution in [0.5, 0.6) is 0 Å². The van der Waals surface area contributed by atoms with Gasteiger partial charge in [0, 0.05) is 30.7 Å². The lowest BCUT2D eigenvalue weighted by Crippen LogP contribution is -2.46. The Morgan fingerprint density at radius 2 is 2.05 bits per heavy atom. The number of carboxylic acid groups (broad SMARTS) is 1. The zero-order valence-corrected chi connectivity index (χ0v) is 12.6. The normalized spacial score (nSPS) is 13.3. The molecule has 0 amide bonds. The molecule has 0 bridgehead atoms. The van der Waals surface area contributed by atoms with Crippen LogP contribution in [0.1, 0.15) is 5.69 Å². The van der Waals surface area contributed by atoms with Gasteiger partial charge in [-0.15, -0.1) is 0 Å². The molecule has 0 saturated heterocycles. The Morgan fingerprint density at radius 1 is 1.32 bits per heavy atom. The third-order valence-corrected chi connectivity index (χ3v) is 4.21. The number of H-pyrrole nitrogens is 1. The molecule has 0 spiro atoms. The van der Waals surface area contributed by atoms with Crippen LogP contribution in [-0.2, 0) is 21.4 Å². The molecule has 1 aromatic heterocycles. The molecule has 8 nitrogen and oxygen atoms in total. The van der Waals surface area contributed by atoms with Gasteiger partial charge in [-0.25, -0.2) is 9.44 Å². The summed E-state index contributed by atoms with van der Waals surface area (Å²) in [6.07, 6.45) is 0.487. The lowest BCUT2D eigenvalue weighted by Gasteiger charge is -2.10. The number of aromatic nitrogens is 1. The van der Waals surface area contributed by atoms with Gasteiger partial charge in [-0.3, -0.25) is 4.79 Å². The minimum atomic E-state index is -3.77. The second kappa shape index (κ2) is 6.88. The first kappa shape index (κ1) is 16.4. The Kier molecular flexibility index (Phi) is 5.14. The van der Waals surface area contributed by atoms with Crippen LogP contribution in [-0.4, -0.2) is 43.6 Å². The van der Waals surface area contributed by atoms with Gasteiger partial charge in [-0.05, 0) is 17.5 Å². The number of benzene rings is 1. The molecule has 0 aliphatic rings. The van der Waals surface area contributed by atoms with E-state index < -0.39 is 22.2 Å². The van der Waals surface area contributed by atoms with Crippen molar-refractivity contribution in [3.05, 3.63) is 36.0 Å². The van der Waals surface area contributed by atoms with Crippen molar-refractivity contribution in [3.63, 3.8) is 0 Å². The number of aliphatic carboxylic acids is 1. The lowest BCUT2D eigenvalue weighted by atomic mass is 10.2. The van der Waals surface area contributed by atoms with Crippen LogP contribution < -0.4 is 15.2 Å². The quantitative estimate of drug-likeness (QED) is 0.447. The molecule has 2 aromatic rings. The number of carboxylic acids is 1. The summed E-state index contributed by atoms with van der Waals surface area (Å²) in [7, 11) is -3.77. The standard InChI is InChI=1S/C13H18N4O4S/c14-11(13(18)19)8-16-22(20,21)15-6-5-10-7-9-3-1-2-4-12(9)17-10/h1-4,7,11,15-17H,5-6,8,14H2,(H,18,19)/t11-/m0/s1. The third kappa shape index (κ3) is 4.53. The van der Waals surface area contributed by atoms with Gasteiger partial charge in [0.1, 0.15) is 6.04 Å². The van der Waals surface area contributed by atoms with Gasteiger partial charge in [-0.2, -0.15) is 8.42 Å². The van der Waals surface area contributed by atoms with Crippen LogP contribution in [0.2, 0.25) is 0 Å². The number of aromatic amines is 1. The Balaban J connectivity index is 1.83. The van der Waals surface area contributed by atoms with Crippen molar-refractivity contribution in [1.29, 1.82) is 0 Å². The zero-order chi connectivity index (χ0) is 16.2. The first-order valence-corrected chi connectivity index (χ1v) is 8.15. The number of rotatable bonds is 8. The van der Waals surface area contributed by atoms with E-state index in [0.717, 1.165) is 16.6 Å². The summed E-state index contributed by atoms with van der Waals surface area (Å²) in [6, 6.07) is 8.44. The van der Waals surface area contributed by atoms with Gasteiger partial charge in [-0.1, -0.05) is 18.2 Å². The lowest BCUT2D eigenvalue weighted by molar-refractivity contribution is -0.138. The van der Waals surface area contributed by atoms with E-state index in [0.29, 0.717) is 6.42 Å². The van der Waals surface area contributed by atoms with Gasteiger partial charge < -0.3 is 15.8 Å². The van der Waals surface area contributed by atoms with Gasteiger partial charge in [0.25, 0.3) is 10.2 Å². The van der Waals surface area contributed by atoms with Gasteiger partial charge in [0.2, 0.25) is 0 Å². The summed E-state index contributed by atoms with van der Waals surface area (Å²) in [6.45, 7) is -0.179. The molecule has 22 heavy (non-hydrogen) atoms. The van der Waals surface area contributed by atoms with Crippen LogP contribution in [0.3, 0.4) is 0 Å². The fourth-order valence-corrected chi connectivity index (χ4v) is 2.80. The highest BCUT2D eigenvalue weighted by Crippen LogP contribution is 2.14. The van der Waals surface area contributed by atoms with Crippen LogP contribution in [0, 0.1) is 0 Å². The minimum Gasteiger partial charge on any atom is -0.480 e. The van der Waals surface area contributed by atoms with E-state index >= 15 is 0 Å². The average molecular weight is 326 g/mol. The van der Waals surface area contributed by atoms with Gasteiger partial charge in [0.15, 0.2) is 0 Å². The highest BCUT2D eigenvalue weighted by Gasteiger charge is 2.16. The maximum Gasteiger partial charge on any atom is 0.321 e. The number of hydrogen-bond donors (Lipinski definition) is 5. The molecule has 1 heterocycles. The molecule has 0 aliphatic heterocycles. The van der Waals surface area contributed by atoms with Gasteiger partial charge in [0.05, 0.1) is 0 Å². The second-order valence-electron chi connectivity index (χ2n) is 4.82. The Bertz CT molecular complexity index is 723. The number of fused-ring (bicyclic) bond motifs is 1. The second-order valence-corrected chi connectivity index (χ2v) is 6.41. The first-order chi connectivity index (χ1) is 10.4. The highest BCUT2D eigenvalue weighted by atomic mass is 32.2. The first-order valence-electron chi connectivity index (χ1n) is 6.66. The minimum absolute atomic E-state index is 0.185. The van der Waals surface area contributed by atoms with Crippen LogP contribution in [0.15, 0.2) is 30.3 Å². The van der Waals surface area contributed by atoms with Crippen LogP contribution in [0.25, 0.3) is 10.9 Å². The van der Waals surface area contributed by atoms with E-state index in [1.165, 1.54) is 0 Å². The Hall–Kier alpha value is -1.94. The van der Waals surface area contributed by atoms with Crippen molar-refractivity contribution < 1.29 is 18.3 Å². The molecule has 0 saturated carbocycles. The maximum absolute atomic E-state index is 11.6. The molecule has 0 radical (unpaired) electrons. The van der Waals surface area contributed by atoms with Crippen molar-refractivity contribution in [3.8, 4) is 0 Å². The topological polar surface area (TPSA) is 137 Å². The van der Waals surface area contributed by atoms with Crippen molar-refractivity contribution in [1.82, 2.24) is 14.4 Å². The van der Waals surface area contributed by atoms with Crippen LogP contribution >= 0.6 is 0 Å². The Morgan fingerprint density at radius 3 is 2.73 bits per heavy atom. The molecular weight excluding hydrogens is 308 g/mol. The molecular formula is C13H18N4O4S. The molecule has 1 aromatic carbocycles. The van der Waals surface area contributed by atoms with E-state index in [-0.39, 0.29) is 13.1 Å². The zero-order valence-electron chi connectivity index (χ0n) is 11.7. The van der Waals surface area contributed by atoms with Crippen molar-refractivity contribution in [2.45, 2.75) is 12.5 Å². The summed E-state index contributed by atoms with van der Waals surface area (Å²) in [5.74, 6) is -1.26. The number of nitrogens with two attached hydrogens (primary N) is 1. The summed E-state index contributed by atoms with van der Waals surface area (Å²) >= 11 is 0. The fourth-order valence-electron chi connectivity index (χ4n) is 1.93. The number of nitrogens with one attached hydrogen (secondary N) is 3. The maximum atomic E-state index is 11.6. The fraction of sp³-hybridized carbons (Fsp3) is 0.308. The summed E-state index contributed by atoms with van der Waals surface area (Å²) in [5, 5.41) is 9.65. The molecule has 0 aliphatic carbocycles. The molecule has 2 rings (SSSR count). The molecule has 0 unspecified atom stereocenters. The largest absolute Gasteiger partial charge is 0.480 e. The van der Waals surface area contributed by atoms with E-state index in [1.54, 1.807) is 0 Å². The molecule has 6 N–H and O–H groups in total. The monoisotopic (exact) mass is 326 g/mol. The SMILES string of the molecule is N[C@@H](CNS(=O)(=O)NCCc1cc2ccccc2[nH]1)C(=O)O. The molecule has 9 heteroatoms. The third-order valence-electron chi connectivity index (χ3n) is 3.08. The van der Waals surface area contributed by atoms with Crippen molar-refractivity contribution in [2.24, 2.45) is 5.73 Å². The molecule has 0 fully saturated rings. The predicted molar refractivity (Wildman–Crippen MR) is 82.5 cm³/mol. The Labute approximate surface area is 127 Å². The van der Waals surface area contributed by atoms with Crippen LogP contribution in [0.4, 0.5) is 0 Å². The number of hydrogen-bond acceptors (Lipinski definition) is 4. The molecule has 1 atom stereocenters. The summed E-state index contributed by atoms with van der Waals surface area (Å²) in [4.78, 5) is 13.7.